The van der Waals surface area contributed by atoms with Crippen molar-refractivity contribution in [1.29, 1.82) is 0 Å². The van der Waals surface area contributed by atoms with Gasteiger partial charge >= 0.3 is 0 Å². The van der Waals surface area contributed by atoms with Crippen molar-refractivity contribution in [2.24, 2.45) is 5.92 Å². The summed E-state index contributed by atoms with van der Waals surface area (Å²) in [7, 11) is 3.11. The second kappa shape index (κ2) is 13.3. The zero-order valence-corrected chi connectivity index (χ0v) is 14.4. The highest BCUT2D eigenvalue weighted by Crippen LogP contribution is 2.09. The molecule has 0 bridgehead atoms. The van der Waals surface area contributed by atoms with E-state index in [4.69, 9.17) is 9.68 Å². The molecule has 1 atom stereocenters. The lowest BCUT2D eigenvalue weighted by atomic mass is 10.1. The maximum atomic E-state index is 11.6. The van der Waals surface area contributed by atoms with Crippen molar-refractivity contribution in [1.82, 2.24) is 10.5 Å². The van der Waals surface area contributed by atoms with Crippen molar-refractivity contribution < 1.29 is 19.9 Å². The smallest absolute Gasteiger partial charge is 0.248 e. The van der Waals surface area contributed by atoms with E-state index in [0.29, 0.717) is 0 Å². The molecule has 1 amide bonds. The first-order chi connectivity index (χ1) is 8.78. The third-order valence-corrected chi connectivity index (χ3v) is 2.30. The van der Waals surface area contributed by atoms with E-state index >= 15 is 0 Å². The van der Waals surface area contributed by atoms with Gasteiger partial charge in [0.15, 0.2) is 0 Å². The monoisotopic (exact) mass is 294 g/mol. The normalized spacial score (nSPS) is 11.8. The molecule has 0 rings (SSSR count). The maximum Gasteiger partial charge on any atom is 0.248 e. The van der Waals surface area contributed by atoms with Crippen LogP contribution in [0.15, 0.2) is 0 Å². The molecule has 0 aromatic carbocycles. The Bertz CT molecular complexity index is 230. The van der Waals surface area contributed by atoms with E-state index in [1.807, 2.05) is 41.5 Å². The molecule has 0 saturated carbocycles. The highest BCUT2D eigenvalue weighted by Gasteiger charge is 2.17. The molecule has 20 heavy (non-hydrogen) atoms. The summed E-state index contributed by atoms with van der Waals surface area (Å²) in [6, 6.07) is 0. The van der Waals surface area contributed by atoms with E-state index in [1.165, 1.54) is 12.2 Å². The minimum atomic E-state index is -0.183. The van der Waals surface area contributed by atoms with Crippen LogP contribution in [-0.4, -0.2) is 42.7 Å². The summed E-state index contributed by atoms with van der Waals surface area (Å²) in [6.45, 7) is 12.6. The summed E-state index contributed by atoms with van der Waals surface area (Å²) < 4.78 is 0. The average Bonchev–Trinajstić information content (AvgIpc) is 2.37. The van der Waals surface area contributed by atoms with Crippen LogP contribution in [0.5, 0.6) is 0 Å². The van der Waals surface area contributed by atoms with Gasteiger partial charge < -0.3 is 5.48 Å². The van der Waals surface area contributed by atoms with Crippen molar-refractivity contribution in [3.05, 3.63) is 0 Å². The molecule has 0 heterocycles. The summed E-state index contributed by atoms with van der Waals surface area (Å²) in [6.07, 6.45) is 1.70. The lowest BCUT2D eigenvalue weighted by Gasteiger charge is -2.20. The molecular weight excluding hydrogens is 260 g/mol. The minimum absolute atomic E-state index is 0. The van der Waals surface area contributed by atoms with Crippen LogP contribution in [0.2, 0.25) is 0 Å². The van der Waals surface area contributed by atoms with E-state index in [9.17, 15) is 4.79 Å². The summed E-state index contributed by atoms with van der Waals surface area (Å²) in [5.41, 5.74) is 2.72. The molecule has 1 unspecified atom stereocenters. The zero-order chi connectivity index (χ0) is 15.5. The number of carbonyl (C=O) groups is 1. The van der Waals surface area contributed by atoms with Crippen LogP contribution in [0.1, 0.15) is 54.4 Å². The number of carbonyl (C=O) groups excluding carboxylic acids is 1. The Hall–Kier alpha value is -0.690. The molecule has 0 aliphatic rings. The van der Waals surface area contributed by atoms with Gasteiger partial charge in [-0.25, -0.2) is 10.5 Å². The largest absolute Gasteiger partial charge is 0.412 e. The number of hydroxylamine groups is 3. The highest BCUT2D eigenvalue weighted by atomic mass is 16.7. The molecular formula is C14H34N2O4. The average molecular weight is 294 g/mol. The number of hydrogen-bond acceptors (Lipinski definition) is 4. The van der Waals surface area contributed by atoms with Crippen molar-refractivity contribution in [2.75, 3.05) is 20.7 Å². The van der Waals surface area contributed by atoms with Crippen LogP contribution in [0.3, 0.4) is 0 Å². The second-order valence-electron chi connectivity index (χ2n) is 5.17. The van der Waals surface area contributed by atoms with Gasteiger partial charge in [0.1, 0.15) is 0 Å². The van der Waals surface area contributed by atoms with Gasteiger partial charge in [0.25, 0.3) is 0 Å². The fraction of sp³-hybridized carbons (Fsp3) is 0.929. The van der Waals surface area contributed by atoms with Gasteiger partial charge in [0, 0.05) is 19.5 Å². The van der Waals surface area contributed by atoms with E-state index in [-0.39, 0.29) is 22.9 Å². The van der Waals surface area contributed by atoms with E-state index in [1.54, 1.807) is 7.05 Å². The Morgan fingerprint density at radius 2 is 1.80 bits per heavy atom. The van der Waals surface area contributed by atoms with Crippen molar-refractivity contribution in [2.45, 2.75) is 60.0 Å². The summed E-state index contributed by atoms with van der Waals surface area (Å²) in [4.78, 5) is 21.9. The summed E-state index contributed by atoms with van der Waals surface area (Å²) in [5.74, 6) is -0.0272. The van der Waals surface area contributed by atoms with Crippen LogP contribution in [0, 0.1) is 5.92 Å². The van der Waals surface area contributed by atoms with Gasteiger partial charge in [0.05, 0.1) is 12.7 Å². The van der Waals surface area contributed by atoms with E-state index in [0.717, 1.165) is 19.4 Å². The molecule has 0 spiro atoms. The molecule has 0 fully saturated rings. The number of hydrogen-bond donors (Lipinski definition) is 1. The van der Waals surface area contributed by atoms with Crippen molar-refractivity contribution in [3.63, 3.8) is 0 Å². The standard InChI is InChI=1S/C12H26N2O3.C2H6.H2O/c1-10(11(15)14(5)16-6)8-7-9-13-17-12(2,3)4;1-2;/h10,13H,7-9H2,1-6H3;1-2H3;1H2. The zero-order valence-electron chi connectivity index (χ0n) is 14.4. The quantitative estimate of drug-likeness (QED) is 0.574. The SMILES string of the molecule is CC.CON(C)C(=O)C(C)CCCNOC(C)(C)C.O. The lowest BCUT2D eigenvalue weighted by Crippen LogP contribution is -2.32. The van der Waals surface area contributed by atoms with E-state index < -0.39 is 0 Å². The Morgan fingerprint density at radius 3 is 2.20 bits per heavy atom. The number of nitrogens with zero attached hydrogens (tertiary/aromatic N) is 1. The third-order valence-electron chi connectivity index (χ3n) is 2.30. The Kier molecular flexibility index (Phi) is 16.2. The molecule has 3 N–H and O–H groups in total. The number of amides is 1. The predicted octanol–water partition coefficient (Wildman–Crippen LogP) is 1.94. The van der Waals surface area contributed by atoms with Gasteiger partial charge in [-0.1, -0.05) is 20.8 Å². The molecule has 0 radical (unpaired) electrons. The Morgan fingerprint density at radius 1 is 1.30 bits per heavy atom. The topological polar surface area (TPSA) is 82.3 Å². The molecule has 124 valence electrons. The minimum Gasteiger partial charge on any atom is -0.412 e. The molecule has 6 heteroatoms. The van der Waals surface area contributed by atoms with Crippen LogP contribution >= 0.6 is 0 Å². The fourth-order valence-electron chi connectivity index (χ4n) is 1.27. The summed E-state index contributed by atoms with van der Waals surface area (Å²) >= 11 is 0. The molecule has 0 saturated heterocycles. The first kappa shape index (κ1) is 24.3. The van der Waals surface area contributed by atoms with E-state index in [2.05, 4.69) is 5.48 Å². The first-order valence-corrected chi connectivity index (χ1v) is 7.00. The number of nitrogens with one attached hydrogen (secondary N) is 1. The van der Waals surface area contributed by atoms with Crippen LogP contribution in [0.4, 0.5) is 0 Å². The molecule has 0 aliphatic heterocycles. The van der Waals surface area contributed by atoms with Crippen molar-refractivity contribution >= 4 is 5.91 Å². The molecule has 0 aliphatic carbocycles. The maximum absolute atomic E-state index is 11.6. The van der Waals surface area contributed by atoms with Crippen LogP contribution in [0.25, 0.3) is 0 Å². The van der Waals surface area contributed by atoms with Gasteiger partial charge in [-0.2, -0.15) is 0 Å². The summed E-state index contributed by atoms with van der Waals surface area (Å²) in [5, 5.41) is 1.27. The fourth-order valence-corrected chi connectivity index (χ4v) is 1.27. The van der Waals surface area contributed by atoms with Gasteiger partial charge in [-0.05, 0) is 33.6 Å². The number of rotatable bonds is 7. The molecule has 0 aromatic heterocycles. The molecule has 6 nitrogen and oxygen atoms in total. The van der Waals surface area contributed by atoms with Crippen LogP contribution in [-0.2, 0) is 14.5 Å². The van der Waals surface area contributed by atoms with Gasteiger partial charge in [-0.3, -0.25) is 14.5 Å². The third kappa shape index (κ3) is 13.7. The Labute approximate surface area is 124 Å². The second-order valence-corrected chi connectivity index (χ2v) is 5.17. The predicted molar refractivity (Wildman–Crippen MR) is 82.0 cm³/mol. The first-order valence-electron chi connectivity index (χ1n) is 7.00. The van der Waals surface area contributed by atoms with Gasteiger partial charge in [-0.15, -0.1) is 0 Å². The lowest BCUT2D eigenvalue weighted by molar-refractivity contribution is -0.173. The molecule has 0 aromatic rings. The van der Waals surface area contributed by atoms with Crippen molar-refractivity contribution in [3.8, 4) is 0 Å². The van der Waals surface area contributed by atoms with Crippen LogP contribution < -0.4 is 5.48 Å². The highest BCUT2D eigenvalue weighted by molar-refractivity contribution is 5.77. The van der Waals surface area contributed by atoms with Gasteiger partial charge in [0.2, 0.25) is 5.91 Å². The Balaban J connectivity index is -0.000000916.